The van der Waals surface area contributed by atoms with Gasteiger partial charge in [0, 0.05) is 5.92 Å². The van der Waals surface area contributed by atoms with Gasteiger partial charge in [-0.05, 0) is 49.1 Å². The number of benzene rings is 2. The van der Waals surface area contributed by atoms with Gasteiger partial charge in [0.2, 0.25) is 5.91 Å². The SMILES string of the molecule is CCOc1ccccc1NC(=O)[C@H]1C[C@@H]1c1ccc2c(c1)OCCO2. The summed E-state index contributed by atoms with van der Waals surface area (Å²) < 4.78 is 16.8. The molecule has 25 heavy (non-hydrogen) atoms. The number of hydrogen-bond acceptors (Lipinski definition) is 4. The number of amides is 1. The van der Waals surface area contributed by atoms with Crippen LogP contribution in [0, 0.1) is 5.92 Å². The molecule has 5 heteroatoms. The van der Waals surface area contributed by atoms with E-state index in [0.29, 0.717) is 25.6 Å². The fraction of sp³-hybridized carbons (Fsp3) is 0.350. The van der Waals surface area contributed by atoms with Crippen molar-refractivity contribution >= 4 is 11.6 Å². The molecule has 0 spiro atoms. The Bertz CT molecular complexity index is 789. The molecule has 2 aliphatic rings. The molecule has 1 saturated carbocycles. The zero-order valence-electron chi connectivity index (χ0n) is 14.2. The van der Waals surface area contributed by atoms with Crippen molar-refractivity contribution in [2.45, 2.75) is 19.3 Å². The van der Waals surface area contributed by atoms with Crippen LogP contribution in [0.1, 0.15) is 24.8 Å². The standard InChI is InChI=1S/C20H21NO4/c1-2-23-17-6-4-3-5-16(17)21-20(22)15-12-14(15)13-7-8-18-19(11-13)25-10-9-24-18/h3-8,11,14-15H,2,9-10,12H2,1H3,(H,21,22)/t14-,15+/m1/s1. The average molecular weight is 339 g/mol. The minimum Gasteiger partial charge on any atom is -0.492 e. The third kappa shape index (κ3) is 3.27. The van der Waals surface area contributed by atoms with Gasteiger partial charge in [-0.2, -0.15) is 0 Å². The van der Waals surface area contributed by atoms with Gasteiger partial charge in [0.25, 0.3) is 0 Å². The van der Waals surface area contributed by atoms with E-state index < -0.39 is 0 Å². The maximum absolute atomic E-state index is 12.6. The molecular formula is C20H21NO4. The molecule has 2 aromatic rings. The number of hydrogen-bond donors (Lipinski definition) is 1. The molecule has 0 bridgehead atoms. The van der Waals surface area contributed by atoms with Gasteiger partial charge < -0.3 is 19.5 Å². The van der Waals surface area contributed by atoms with Crippen molar-refractivity contribution in [3.8, 4) is 17.2 Å². The largest absolute Gasteiger partial charge is 0.492 e. The summed E-state index contributed by atoms with van der Waals surface area (Å²) in [6, 6.07) is 13.5. The van der Waals surface area contributed by atoms with Gasteiger partial charge in [0.15, 0.2) is 11.5 Å². The second-order valence-corrected chi connectivity index (χ2v) is 6.27. The Morgan fingerprint density at radius 2 is 1.96 bits per heavy atom. The molecule has 1 aliphatic heterocycles. The third-order valence-corrected chi connectivity index (χ3v) is 4.57. The number of rotatable bonds is 5. The second kappa shape index (κ2) is 6.67. The third-order valence-electron chi connectivity index (χ3n) is 4.57. The number of carbonyl (C=O) groups is 1. The summed E-state index contributed by atoms with van der Waals surface area (Å²) in [6.45, 7) is 3.65. The molecule has 1 fully saturated rings. The summed E-state index contributed by atoms with van der Waals surface area (Å²) in [6.07, 6.45) is 0.849. The zero-order chi connectivity index (χ0) is 17.2. The van der Waals surface area contributed by atoms with Gasteiger partial charge in [0.1, 0.15) is 19.0 Å². The molecule has 1 N–H and O–H groups in total. The number of nitrogens with one attached hydrogen (secondary N) is 1. The van der Waals surface area contributed by atoms with Crippen molar-refractivity contribution < 1.29 is 19.0 Å². The van der Waals surface area contributed by atoms with Crippen molar-refractivity contribution in [2.75, 3.05) is 25.1 Å². The highest BCUT2D eigenvalue weighted by Crippen LogP contribution is 2.50. The van der Waals surface area contributed by atoms with E-state index in [4.69, 9.17) is 14.2 Å². The van der Waals surface area contributed by atoms with Crippen LogP contribution < -0.4 is 19.5 Å². The predicted octanol–water partition coefficient (Wildman–Crippen LogP) is 3.60. The Labute approximate surface area is 146 Å². The molecule has 2 aromatic carbocycles. The van der Waals surface area contributed by atoms with Gasteiger partial charge in [-0.3, -0.25) is 4.79 Å². The molecular weight excluding hydrogens is 318 g/mol. The highest BCUT2D eigenvalue weighted by atomic mass is 16.6. The lowest BCUT2D eigenvalue weighted by molar-refractivity contribution is -0.117. The lowest BCUT2D eigenvalue weighted by Crippen LogP contribution is -2.16. The molecule has 2 atom stereocenters. The molecule has 1 heterocycles. The molecule has 0 saturated heterocycles. The van der Waals surface area contributed by atoms with E-state index in [9.17, 15) is 4.79 Å². The van der Waals surface area contributed by atoms with Crippen LogP contribution >= 0.6 is 0 Å². The van der Waals surface area contributed by atoms with Crippen molar-refractivity contribution in [3.05, 3.63) is 48.0 Å². The first-order valence-corrected chi connectivity index (χ1v) is 8.68. The van der Waals surface area contributed by atoms with Crippen LogP contribution in [0.3, 0.4) is 0 Å². The van der Waals surface area contributed by atoms with Crippen LogP contribution in [0.5, 0.6) is 17.2 Å². The van der Waals surface area contributed by atoms with E-state index >= 15 is 0 Å². The average Bonchev–Trinajstić information content (AvgIpc) is 3.44. The van der Waals surface area contributed by atoms with Crippen LogP contribution in [0.15, 0.2) is 42.5 Å². The van der Waals surface area contributed by atoms with Gasteiger partial charge in [0.05, 0.1) is 12.3 Å². The predicted molar refractivity (Wildman–Crippen MR) is 94.5 cm³/mol. The summed E-state index contributed by atoms with van der Waals surface area (Å²) in [5, 5.41) is 3.00. The molecule has 0 unspecified atom stereocenters. The molecule has 0 aromatic heterocycles. The topological polar surface area (TPSA) is 56.8 Å². The Kier molecular flexibility index (Phi) is 4.22. The van der Waals surface area contributed by atoms with E-state index in [1.807, 2.05) is 49.4 Å². The maximum atomic E-state index is 12.6. The number of fused-ring (bicyclic) bond motifs is 1. The molecule has 130 valence electrons. The lowest BCUT2D eigenvalue weighted by Gasteiger charge is -2.18. The number of anilines is 1. The van der Waals surface area contributed by atoms with Gasteiger partial charge in [-0.15, -0.1) is 0 Å². The van der Waals surface area contributed by atoms with Crippen molar-refractivity contribution in [1.29, 1.82) is 0 Å². The second-order valence-electron chi connectivity index (χ2n) is 6.27. The van der Waals surface area contributed by atoms with Gasteiger partial charge in [-0.25, -0.2) is 0 Å². The normalized spacial score (nSPS) is 20.7. The first kappa shape index (κ1) is 15.8. The van der Waals surface area contributed by atoms with Crippen molar-refractivity contribution in [1.82, 2.24) is 0 Å². The number of carbonyl (C=O) groups excluding carboxylic acids is 1. The number of ether oxygens (including phenoxy) is 3. The Balaban J connectivity index is 1.44. The van der Waals surface area contributed by atoms with Crippen LogP contribution in [0.2, 0.25) is 0 Å². The van der Waals surface area contributed by atoms with Gasteiger partial charge in [-0.1, -0.05) is 18.2 Å². The smallest absolute Gasteiger partial charge is 0.228 e. The molecule has 0 radical (unpaired) electrons. The summed E-state index contributed by atoms with van der Waals surface area (Å²) >= 11 is 0. The quantitative estimate of drug-likeness (QED) is 0.904. The summed E-state index contributed by atoms with van der Waals surface area (Å²) in [7, 11) is 0. The van der Waals surface area contributed by atoms with E-state index in [1.54, 1.807) is 0 Å². The summed E-state index contributed by atoms with van der Waals surface area (Å²) in [4.78, 5) is 12.6. The molecule has 5 nitrogen and oxygen atoms in total. The lowest BCUT2D eigenvalue weighted by atomic mass is 10.1. The molecule has 1 amide bonds. The fourth-order valence-electron chi connectivity index (χ4n) is 3.22. The zero-order valence-corrected chi connectivity index (χ0v) is 14.2. The van der Waals surface area contributed by atoms with Crippen LogP contribution in [-0.2, 0) is 4.79 Å². The first-order chi connectivity index (χ1) is 12.3. The summed E-state index contributed by atoms with van der Waals surface area (Å²) in [5.41, 5.74) is 1.85. The highest BCUT2D eigenvalue weighted by Gasteiger charge is 2.44. The van der Waals surface area contributed by atoms with Crippen LogP contribution in [-0.4, -0.2) is 25.7 Å². The highest BCUT2D eigenvalue weighted by molar-refractivity contribution is 5.96. The number of para-hydroxylation sites is 2. The molecule has 1 aliphatic carbocycles. The Morgan fingerprint density at radius 3 is 2.80 bits per heavy atom. The monoisotopic (exact) mass is 339 g/mol. The van der Waals surface area contributed by atoms with E-state index in [1.165, 1.54) is 0 Å². The van der Waals surface area contributed by atoms with E-state index in [0.717, 1.165) is 29.2 Å². The van der Waals surface area contributed by atoms with Crippen molar-refractivity contribution in [2.24, 2.45) is 5.92 Å². The maximum Gasteiger partial charge on any atom is 0.228 e. The van der Waals surface area contributed by atoms with E-state index in [-0.39, 0.29) is 17.7 Å². The van der Waals surface area contributed by atoms with Gasteiger partial charge >= 0.3 is 0 Å². The minimum absolute atomic E-state index is 0.0164. The Morgan fingerprint density at radius 1 is 1.16 bits per heavy atom. The Hall–Kier alpha value is -2.69. The first-order valence-electron chi connectivity index (χ1n) is 8.68. The minimum atomic E-state index is -0.0164. The van der Waals surface area contributed by atoms with Crippen LogP contribution in [0.4, 0.5) is 5.69 Å². The summed E-state index contributed by atoms with van der Waals surface area (Å²) in [5.74, 6) is 2.51. The van der Waals surface area contributed by atoms with Crippen molar-refractivity contribution in [3.63, 3.8) is 0 Å². The van der Waals surface area contributed by atoms with E-state index in [2.05, 4.69) is 5.32 Å². The molecule has 4 rings (SSSR count). The van der Waals surface area contributed by atoms with Crippen LogP contribution in [0.25, 0.3) is 0 Å². The fourth-order valence-corrected chi connectivity index (χ4v) is 3.22.